The Labute approximate surface area is 212 Å². The number of fused-ring (bicyclic) bond motifs is 8. The first-order valence-corrected chi connectivity index (χ1v) is 13.7. The summed E-state index contributed by atoms with van der Waals surface area (Å²) < 4.78 is 5.29. The van der Waals surface area contributed by atoms with E-state index in [0.717, 1.165) is 12.1 Å². The molecule has 0 aliphatic carbocycles. The average Bonchev–Trinajstić information content (AvgIpc) is 3.41. The van der Waals surface area contributed by atoms with Crippen LogP contribution in [0.5, 0.6) is 0 Å². The first-order chi connectivity index (χ1) is 17.0. The summed E-state index contributed by atoms with van der Waals surface area (Å²) >= 11 is 3.77. The monoisotopic (exact) mass is 487 g/mol. The van der Waals surface area contributed by atoms with Gasteiger partial charge in [-0.1, -0.05) is 75.4 Å². The number of thiophene rings is 2. The second-order valence-corrected chi connectivity index (χ2v) is 12.8. The number of hydrogen-bond donors (Lipinski definition) is 0. The molecule has 0 N–H and O–H groups in total. The lowest BCUT2D eigenvalue weighted by molar-refractivity contribution is 0.411. The Bertz CT molecular complexity index is 1910. The van der Waals surface area contributed by atoms with Crippen molar-refractivity contribution in [2.24, 2.45) is 5.41 Å². The summed E-state index contributed by atoms with van der Waals surface area (Å²) in [6.07, 6.45) is 3.07. The summed E-state index contributed by atoms with van der Waals surface area (Å²) in [7, 11) is 0. The zero-order valence-corrected chi connectivity index (χ0v) is 21.7. The molecule has 170 valence electrons. The quantitative estimate of drug-likeness (QED) is 0.236. The molecule has 3 aromatic heterocycles. The molecule has 1 nitrogen and oxygen atoms in total. The van der Waals surface area contributed by atoms with E-state index >= 15 is 0 Å². The van der Waals surface area contributed by atoms with Crippen LogP contribution >= 0.6 is 22.7 Å². The zero-order valence-electron chi connectivity index (χ0n) is 20.1. The molecule has 0 unspecified atom stereocenters. The molecular weight excluding hydrogens is 462 g/mol. The van der Waals surface area contributed by atoms with Crippen LogP contribution in [-0.2, 0) is 6.42 Å². The molecule has 4 aromatic carbocycles. The van der Waals surface area contributed by atoms with Gasteiger partial charge in [0.15, 0.2) is 0 Å². The van der Waals surface area contributed by atoms with Crippen molar-refractivity contribution in [2.75, 3.05) is 0 Å². The van der Waals surface area contributed by atoms with Crippen LogP contribution in [0.25, 0.3) is 62.4 Å². The van der Waals surface area contributed by atoms with Gasteiger partial charge in [-0.25, -0.2) is 0 Å². The minimum absolute atomic E-state index is 0.273. The Morgan fingerprint density at radius 2 is 1.46 bits per heavy atom. The summed E-state index contributed by atoms with van der Waals surface area (Å²) in [6, 6.07) is 29.1. The highest BCUT2D eigenvalue weighted by atomic mass is 32.1. The number of nitrogens with zero attached hydrogens (tertiary/aromatic N) is 1. The first kappa shape index (κ1) is 21.0. The highest BCUT2D eigenvalue weighted by molar-refractivity contribution is 7.27. The Balaban J connectivity index is 1.55. The third-order valence-corrected chi connectivity index (χ3v) is 9.19. The van der Waals surface area contributed by atoms with Gasteiger partial charge in [0.25, 0.3) is 0 Å². The fraction of sp³-hybridized carbons (Fsp3) is 0.156. The lowest BCUT2D eigenvalue weighted by Gasteiger charge is -2.17. The van der Waals surface area contributed by atoms with Gasteiger partial charge in [0.1, 0.15) is 0 Å². The fourth-order valence-corrected chi connectivity index (χ4v) is 7.91. The average molecular weight is 488 g/mol. The van der Waals surface area contributed by atoms with Crippen LogP contribution in [0.3, 0.4) is 0 Å². The second kappa shape index (κ2) is 7.61. The number of pyridine rings is 1. The van der Waals surface area contributed by atoms with Crippen LogP contribution < -0.4 is 0 Å². The minimum Gasteiger partial charge on any atom is -0.255 e. The van der Waals surface area contributed by atoms with E-state index in [9.17, 15) is 0 Å². The molecule has 7 aromatic rings. The Hall–Kier alpha value is -3.27. The Morgan fingerprint density at radius 3 is 2.31 bits per heavy atom. The van der Waals surface area contributed by atoms with Crippen molar-refractivity contribution in [3.63, 3.8) is 0 Å². The first-order valence-electron chi connectivity index (χ1n) is 12.1. The van der Waals surface area contributed by atoms with E-state index in [1.165, 1.54) is 62.2 Å². The van der Waals surface area contributed by atoms with E-state index in [1.54, 1.807) is 0 Å². The topological polar surface area (TPSA) is 12.9 Å². The van der Waals surface area contributed by atoms with E-state index in [1.807, 2.05) is 28.9 Å². The largest absolute Gasteiger partial charge is 0.255 e. The maximum Gasteiger partial charge on any atom is 0.0895 e. The molecule has 0 saturated carbocycles. The van der Waals surface area contributed by atoms with Gasteiger partial charge in [-0.2, -0.15) is 0 Å². The summed E-state index contributed by atoms with van der Waals surface area (Å²) in [4.78, 5) is 5.00. The maximum absolute atomic E-state index is 5.00. The van der Waals surface area contributed by atoms with Crippen LogP contribution in [0.2, 0.25) is 0 Å². The summed E-state index contributed by atoms with van der Waals surface area (Å²) in [5.74, 6) is 0. The van der Waals surface area contributed by atoms with Crippen molar-refractivity contribution in [3.8, 4) is 11.3 Å². The van der Waals surface area contributed by atoms with E-state index in [2.05, 4.69) is 99.6 Å². The summed E-state index contributed by atoms with van der Waals surface area (Å²) in [5, 5.41) is 7.91. The molecule has 0 atom stereocenters. The molecule has 7 rings (SSSR count). The standard InChI is InChI=1S/C32H25NS2/c1-32(2,3)18-19-12-13-22-23-14-15-33-29(31(23)35-27(22)16-19)25-17-20-8-4-5-9-21(20)28-24-10-6-7-11-26(24)34-30(25)28/h4-17H,18H2,1-3H3. The predicted octanol–water partition coefficient (Wildman–Crippen LogP) is 10.2. The van der Waals surface area contributed by atoms with Crippen molar-refractivity contribution in [2.45, 2.75) is 27.2 Å². The van der Waals surface area contributed by atoms with Crippen LogP contribution in [0.4, 0.5) is 0 Å². The molecule has 0 radical (unpaired) electrons. The lowest BCUT2D eigenvalue weighted by Crippen LogP contribution is -2.08. The van der Waals surface area contributed by atoms with Gasteiger partial charge in [0.2, 0.25) is 0 Å². The molecule has 3 heterocycles. The van der Waals surface area contributed by atoms with Gasteiger partial charge >= 0.3 is 0 Å². The van der Waals surface area contributed by atoms with Crippen LogP contribution in [0.1, 0.15) is 26.3 Å². The van der Waals surface area contributed by atoms with E-state index < -0.39 is 0 Å². The van der Waals surface area contributed by atoms with Gasteiger partial charge in [-0.05, 0) is 52.4 Å². The van der Waals surface area contributed by atoms with E-state index in [4.69, 9.17) is 4.98 Å². The van der Waals surface area contributed by atoms with Crippen LogP contribution in [0.15, 0.2) is 85.1 Å². The van der Waals surface area contributed by atoms with Crippen molar-refractivity contribution in [1.82, 2.24) is 4.98 Å². The Morgan fingerprint density at radius 1 is 0.686 bits per heavy atom. The van der Waals surface area contributed by atoms with Crippen LogP contribution in [0, 0.1) is 5.41 Å². The molecule has 0 aliphatic rings. The molecule has 0 bridgehead atoms. The minimum atomic E-state index is 0.273. The molecule has 35 heavy (non-hydrogen) atoms. The fourth-order valence-electron chi connectivity index (χ4n) is 5.41. The van der Waals surface area contributed by atoms with E-state index in [0.29, 0.717) is 0 Å². The highest BCUT2D eigenvalue weighted by Crippen LogP contribution is 2.47. The van der Waals surface area contributed by atoms with Crippen molar-refractivity contribution in [3.05, 3.63) is 90.6 Å². The second-order valence-electron chi connectivity index (χ2n) is 10.7. The van der Waals surface area contributed by atoms with Gasteiger partial charge in [-0.15, -0.1) is 22.7 Å². The van der Waals surface area contributed by atoms with Gasteiger partial charge < -0.3 is 0 Å². The Kier molecular flexibility index (Phi) is 4.58. The number of hydrogen-bond acceptors (Lipinski definition) is 3. The van der Waals surface area contributed by atoms with E-state index in [-0.39, 0.29) is 5.41 Å². The van der Waals surface area contributed by atoms with Gasteiger partial charge in [0.05, 0.1) is 10.4 Å². The maximum atomic E-state index is 5.00. The molecule has 3 heteroatoms. The number of benzene rings is 4. The predicted molar refractivity (Wildman–Crippen MR) is 156 cm³/mol. The van der Waals surface area contributed by atoms with Crippen LogP contribution in [-0.4, -0.2) is 4.98 Å². The zero-order chi connectivity index (χ0) is 23.7. The third-order valence-electron chi connectivity index (χ3n) is 6.81. The SMILES string of the molecule is CC(C)(C)Cc1ccc2c(c1)sc1c(-c3cc4ccccc4c4c3sc3ccccc34)nccc12. The number of rotatable bonds is 2. The molecule has 0 amide bonds. The third kappa shape index (κ3) is 3.37. The van der Waals surface area contributed by atoms with Gasteiger partial charge in [0, 0.05) is 47.4 Å². The lowest BCUT2D eigenvalue weighted by atomic mass is 9.88. The molecule has 0 aliphatic heterocycles. The molecule has 0 fully saturated rings. The van der Waals surface area contributed by atoms with Crippen molar-refractivity contribution < 1.29 is 0 Å². The molecular formula is C32H25NS2. The smallest absolute Gasteiger partial charge is 0.0895 e. The molecule has 0 saturated heterocycles. The summed E-state index contributed by atoms with van der Waals surface area (Å²) in [6.45, 7) is 6.92. The van der Waals surface area contributed by atoms with Crippen molar-refractivity contribution in [1.29, 1.82) is 0 Å². The normalized spacial score (nSPS) is 12.5. The highest BCUT2D eigenvalue weighted by Gasteiger charge is 2.19. The van der Waals surface area contributed by atoms with Crippen molar-refractivity contribution >= 4 is 73.8 Å². The molecule has 0 spiro atoms. The van der Waals surface area contributed by atoms with Gasteiger partial charge in [-0.3, -0.25) is 4.98 Å². The number of aromatic nitrogens is 1. The summed E-state index contributed by atoms with van der Waals surface area (Å²) in [5.41, 5.74) is 4.02.